The molecule has 0 aromatic heterocycles. The van der Waals surface area contributed by atoms with Crippen molar-refractivity contribution < 1.29 is 4.74 Å². The van der Waals surface area contributed by atoms with Crippen molar-refractivity contribution in [2.75, 3.05) is 13.2 Å². The van der Waals surface area contributed by atoms with Gasteiger partial charge in [-0.1, -0.05) is 52.2 Å². The summed E-state index contributed by atoms with van der Waals surface area (Å²) < 4.78 is 5.95. The predicted octanol–water partition coefficient (Wildman–Crippen LogP) is 4.82. The normalized spacial score (nSPS) is 13.9. The third kappa shape index (κ3) is 7.52. The van der Waals surface area contributed by atoms with Crippen LogP contribution in [0.4, 0.5) is 0 Å². The number of unbranched alkanes of at least 4 members (excludes halogenated alkanes) is 1. The molecule has 1 N–H and O–H groups in total. The first-order valence-corrected chi connectivity index (χ1v) is 8.64. The standard InChI is InChI=1S/C19H33NO/c1-5-8-9-17(6-2)15-21-19-12-10-18(11-13-19)14-16(4)20-7-3/h10-13,16-17,20H,5-9,14-15H2,1-4H3. The molecule has 0 aliphatic carbocycles. The van der Waals surface area contributed by atoms with Crippen LogP contribution in [0.2, 0.25) is 0 Å². The maximum absolute atomic E-state index is 5.95. The SMILES string of the molecule is CCCCC(CC)COc1ccc(CC(C)NCC)cc1. The van der Waals surface area contributed by atoms with E-state index in [0.717, 1.165) is 25.3 Å². The van der Waals surface area contributed by atoms with Gasteiger partial charge in [-0.3, -0.25) is 0 Å². The van der Waals surface area contributed by atoms with Crippen LogP contribution in [0.3, 0.4) is 0 Å². The Labute approximate surface area is 131 Å². The first-order valence-electron chi connectivity index (χ1n) is 8.64. The zero-order valence-electron chi connectivity index (χ0n) is 14.3. The number of ether oxygens (including phenoxy) is 1. The second-order valence-corrected chi connectivity index (χ2v) is 6.03. The van der Waals surface area contributed by atoms with Crippen LogP contribution in [0.15, 0.2) is 24.3 Å². The molecule has 1 aromatic carbocycles. The molecule has 21 heavy (non-hydrogen) atoms. The highest BCUT2D eigenvalue weighted by molar-refractivity contribution is 5.27. The molecule has 1 rings (SSSR count). The highest BCUT2D eigenvalue weighted by Crippen LogP contribution is 2.18. The zero-order chi connectivity index (χ0) is 15.5. The van der Waals surface area contributed by atoms with E-state index in [0.29, 0.717) is 12.0 Å². The van der Waals surface area contributed by atoms with Gasteiger partial charge in [0.25, 0.3) is 0 Å². The Morgan fingerprint density at radius 2 is 1.81 bits per heavy atom. The van der Waals surface area contributed by atoms with Gasteiger partial charge in [-0.25, -0.2) is 0 Å². The Morgan fingerprint density at radius 1 is 1.10 bits per heavy atom. The highest BCUT2D eigenvalue weighted by Gasteiger charge is 2.07. The van der Waals surface area contributed by atoms with E-state index < -0.39 is 0 Å². The van der Waals surface area contributed by atoms with Gasteiger partial charge >= 0.3 is 0 Å². The second kappa shape index (κ2) is 10.7. The smallest absolute Gasteiger partial charge is 0.119 e. The van der Waals surface area contributed by atoms with Gasteiger partial charge in [0, 0.05) is 6.04 Å². The minimum absolute atomic E-state index is 0.528. The number of nitrogens with one attached hydrogen (secondary N) is 1. The van der Waals surface area contributed by atoms with E-state index in [1.807, 2.05) is 0 Å². The third-order valence-electron chi connectivity index (χ3n) is 4.05. The number of rotatable bonds is 11. The maximum Gasteiger partial charge on any atom is 0.119 e. The van der Waals surface area contributed by atoms with Gasteiger partial charge in [-0.05, 0) is 49.9 Å². The Balaban J connectivity index is 2.39. The molecular formula is C19H33NO. The van der Waals surface area contributed by atoms with E-state index in [2.05, 4.69) is 57.3 Å². The van der Waals surface area contributed by atoms with Gasteiger partial charge in [-0.2, -0.15) is 0 Å². The summed E-state index contributed by atoms with van der Waals surface area (Å²) in [7, 11) is 0. The van der Waals surface area contributed by atoms with E-state index >= 15 is 0 Å². The summed E-state index contributed by atoms with van der Waals surface area (Å²) >= 11 is 0. The van der Waals surface area contributed by atoms with Crippen molar-refractivity contribution in [1.82, 2.24) is 5.32 Å². The van der Waals surface area contributed by atoms with Gasteiger partial charge in [-0.15, -0.1) is 0 Å². The fraction of sp³-hybridized carbons (Fsp3) is 0.684. The fourth-order valence-corrected chi connectivity index (χ4v) is 2.61. The lowest BCUT2D eigenvalue weighted by atomic mass is 10.0. The van der Waals surface area contributed by atoms with Crippen LogP contribution in [0.25, 0.3) is 0 Å². The van der Waals surface area contributed by atoms with Crippen molar-refractivity contribution in [2.45, 2.75) is 65.8 Å². The van der Waals surface area contributed by atoms with Crippen LogP contribution in [0.5, 0.6) is 5.75 Å². The van der Waals surface area contributed by atoms with Gasteiger partial charge in [0.05, 0.1) is 6.61 Å². The zero-order valence-corrected chi connectivity index (χ0v) is 14.3. The van der Waals surface area contributed by atoms with Crippen molar-refractivity contribution >= 4 is 0 Å². The molecular weight excluding hydrogens is 258 g/mol. The van der Waals surface area contributed by atoms with Crippen molar-refractivity contribution in [3.05, 3.63) is 29.8 Å². The molecule has 0 aliphatic heterocycles. The minimum atomic E-state index is 0.528. The average Bonchev–Trinajstić information content (AvgIpc) is 2.49. The molecule has 0 radical (unpaired) electrons. The lowest BCUT2D eigenvalue weighted by molar-refractivity contribution is 0.233. The summed E-state index contributed by atoms with van der Waals surface area (Å²) in [6.07, 6.45) is 6.14. The van der Waals surface area contributed by atoms with Gasteiger partial charge < -0.3 is 10.1 Å². The van der Waals surface area contributed by atoms with Crippen molar-refractivity contribution in [3.8, 4) is 5.75 Å². The summed E-state index contributed by atoms with van der Waals surface area (Å²) in [5, 5.41) is 3.44. The van der Waals surface area contributed by atoms with Crippen LogP contribution in [0, 0.1) is 5.92 Å². The van der Waals surface area contributed by atoms with E-state index in [1.54, 1.807) is 0 Å². The highest BCUT2D eigenvalue weighted by atomic mass is 16.5. The summed E-state index contributed by atoms with van der Waals surface area (Å²) in [5.74, 6) is 1.70. The number of likely N-dealkylation sites (N-methyl/N-ethyl adjacent to an activating group) is 1. The van der Waals surface area contributed by atoms with Crippen molar-refractivity contribution in [3.63, 3.8) is 0 Å². The van der Waals surface area contributed by atoms with Gasteiger partial charge in [0.15, 0.2) is 0 Å². The molecule has 0 aliphatic rings. The van der Waals surface area contributed by atoms with Crippen LogP contribution in [-0.2, 0) is 6.42 Å². The molecule has 0 fully saturated rings. The van der Waals surface area contributed by atoms with Gasteiger partial charge in [0.2, 0.25) is 0 Å². The monoisotopic (exact) mass is 291 g/mol. The van der Waals surface area contributed by atoms with Crippen molar-refractivity contribution in [2.24, 2.45) is 5.92 Å². The quantitative estimate of drug-likeness (QED) is 0.631. The number of benzene rings is 1. The number of hydrogen-bond donors (Lipinski definition) is 1. The molecule has 0 heterocycles. The largest absolute Gasteiger partial charge is 0.493 e. The summed E-state index contributed by atoms with van der Waals surface area (Å²) in [6, 6.07) is 9.13. The average molecular weight is 291 g/mol. The van der Waals surface area contributed by atoms with Crippen LogP contribution < -0.4 is 10.1 Å². The molecule has 120 valence electrons. The molecule has 2 unspecified atom stereocenters. The lowest BCUT2D eigenvalue weighted by Gasteiger charge is -2.16. The summed E-state index contributed by atoms with van der Waals surface area (Å²) in [4.78, 5) is 0. The van der Waals surface area contributed by atoms with Gasteiger partial charge in [0.1, 0.15) is 5.75 Å². The van der Waals surface area contributed by atoms with Crippen molar-refractivity contribution in [1.29, 1.82) is 0 Å². The van der Waals surface area contributed by atoms with E-state index in [9.17, 15) is 0 Å². The molecule has 0 amide bonds. The molecule has 0 spiro atoms. The summed E-state index contributed by atoms with van der Waals surface area (Å²) in [5.41, 5.74) is 1.37. The molecule has 1 aromatic rings. The van der Waals surface area contributed by atoms with E-state index in [1.165, 1.54) is 31.2 Å². The first-order chi connectivity index (χ1) is 10.2. The van der Waals surface area contributed by atoms with Crippen LogP contribution in [-0.4, -0.2) is 19.2 Å². The van der Waals surface area contributed by atoms with E-state index in [-0.39, 0.29) is 0 Å². The third-order valence-corrected chi connectivity index (χ3v) is 4.05. The Hall–Kier alpha value is -1.02. The molecule has 2 nitrogen and oxygen atoms in total. The lowest BCUT2D eigenvalue weighted by Crippen LogP contribution is -2.27. The maximum atomic E-state index is 5.95. The minimum Gasteiger partial charge on any atom is -0.493 e. The summed E-state index contributed by atoms with van der Waals surface area (Å²) in [6.45, 7) is 10.8. The Kier molecular flexibility index (Phi) is 9.16. The molecule has 0 saturated carbocycles. The first kappa shape index (κ1) is 18.0. The molecule has 0 bridgehead atoms. The molecule has 2 heteroatoms. The van der Waals surface area contributed by atoms with Crippen LogP contribution in [0.1, 0.15) is 58.9 Å². The predicted molar refractivity (Wildman–Crippen MR) is 92.1 cm³/mol. The second-order valence-electron chi connectivity index (χ2n) is 6.03. The Morgan fingerprint density at radius 3 is 2.38 bits per heavy atom. The number of hydrogen-bond acceptors (Lipinski definition) is 2. The Bertz CT molecular complexity index is 360. The molecule has 0 saturated heterocycles. The molecule has 2 atom stereocenters. The topological polar surface area (TPSA) is 21.3 Å². The van der Waals surface area contributed by atoms with E-state index in [4.69, 9.17) is 4.74 Å². The van der Waals surface area contributed by atoms with Crippen LogP contribution >= 0.6 is 0 Å². The fourth-order valence-electron chi connectivity index (χ4n) is 2.61.